The zero-order chi connectivity index (χ0) is 26.7. The lowest BCUT2D eigenvalue weighted by molar-refractivity contribution is -0.145. The summed E-state index contributed by atoms with van der Waals surface area (Å²) < 4.78 is 5.30. The first-order valence-electron chi connectivity index (χ1n) is 12.9. The molecule has 10 nitrogen and oxygen atoms in total. The van der Waals surface area contributed by atoms with Crippen LogP contribution in [0.3, 0.4) is 0 Å². The number of piperidine rings is 1. The summed E-state index contributed by atoms with van der Waals surface area (Å²) in [6.45, 7) is 11.9. The van der Waals surface area contributed by atoms with E-state index in [9.17, 15) is 14.4 Å². The number of aromatic nitrogens is 2. The third kappa shape index (κ3) is 4.46. The van der Waals surface area contributed by atoms with Crippen molar-refractivity contribution in [3.05, 3.63) is 36.2 Å². The molecular formula is C27H36N6O4. The maximum Gasteiger partial charge on any atom is 0.246 e. The first kappa shape index (κ1) is 25.5. The van der Waals surface area contributed by atoms with E-state index in [1.807, 2.05) is 45.0 Å². The van der Waals surface area contributed by atoms with Gasteiger partial charge in [0.1, 0.15) is 11.7 Å². The monoisotopic (exact) mass is 508 g/mol. The molecule has 3 fully saturated rings. The van der Waals surface area contributed by atoms with Crippen molar-refractivity contribution in [2.45, 2.75) is 58.8 Å². The maximum atomic E-state index is 14.0. The van der Waals surface area contributed by atoms with Crippen LogP contribution >= 0.6 is 0 Å². The maximum absolute atomic E-state index is 14.0. The molecule has 3 amide bonds. The van der Waals surface area contributed by atoms with Crippen molar-refractivity contribution in [3.8, 4) is 0 Å². The minimum absolute atomic E-state index is 0.00349. The summed E-state index contributed by atoms with van der Waals surface area (Å²) in [5.41, 5.74) is 5.60. The highest BCUT2D eigenvalue weighted by Crippen LogP contribution is 2.65. The number of carbonyl (C=O) groups is 3. The predicted octanol–water partition coefficient (Wildman–Crippen LogP) is 1.16. The Balaban J connectivity index is 1.43. The van der Waals surface area contributed by atoms with Crippen LogP contribution in [0.1, 0.15) is 46.4 Å². The molecule has 5 atom stereocenters. The van der Waals surface area contributed by atoms with Crippen LogP contribution in [0, 0.1) is 22.7 Å². The summed E-state index contributed by atoms with van der Waals surface area (Å²) in [4.78, 5) is 42.1. The van der Waals surface area contributed by atoms with Gasteiger partial charge in [-0.2, -0.15) is 10.2 Å². The molecule has 1 aromatic carbocycles. The lowest BCUT2D eigenvalue weighted by Gasteiger charge is -2.41. The van der Waals surface area contributed by atoms with Crippen LogP contribution in [0.4, 0.5) is 0 Å². The second-order valence-electron chi connectivity index (χ2n) is 12.3. The van der Waals surface area contributed by atoms with Crippen LogP contribution in [0.2, 0.25) is 0 Å². The van der Waals surface area contributed by atoms with E-state index in [0.29, 0.717) is 30.8 Å². The fourth-order valence-corrected chi connectivity index (χ4v) is 6.00. The van der Waals surface area contributed by atoms with Crippen LogP contribution in [0.5, 0.6) is 0 Å². The van der Waals surface area contributed by atoms with E-state index < -0.39 is 29.9 Å². The Morgan fingerprint density at radius 3 is 2.51 bits per heavy atom. The lowest BCUT2D eigenvalue weighted by atomic mass is 9.84. The Bertz CT molecular complexity index is 1230. The molecule has 2 aromatic rings. The fourth-order valence-electron chi connectivity index (χ4n) is 6.00. The third-order valence-corrected chi connectivity index (χ3v) is 8.36. The van der Waals surface area contributed by atoms with Gasteiger partial charge in [-0.3, -0.25) is 19.7 Å². The van der Waals surface area contributed by atoms with Crippen molar-refractivity contribution < 1.29 is 19.1 Å². The van der Waals surface area contributed by atoms with Crippen molar-refractivity contribution in [1.29, 1.82) is 0 Å². The molecule has 4 N–H and O–H groups in total. The standard InChI is InChI=1S/C27H36N6O4/c1-26(2,3)22(30-15-12-37-13-15)25(36)33-11-17-18(27(17,4)5)21(33)24(35)31-20(23(28)34)19-16-9-7-6-8-14(16)10-29-32-19/h6-10,15,17-18,20-22,30H,11-13H2,1-5H3,(H2,28,34)(H,31,35)/t17-,18-,20?,21-,22+/m0/s1. The molecule has 1 unspecified atom stereocenters. The van der Waals surface area contributed by atoms with Crippen LogP contribution in [-0.4, -0.2) is 70.7 Å². The molecule has 0 spiro atoms. The van der Waals surface area contributed by atoms with E-state index in [2.05, 4.69) is 34.7 Å². The number of likely N-dealkylation sites (tertiary alicyclic amines) is 1. The molecule has 0 radical (unpaired) electrons. The van der Waals surface area contributed by atoms with Gasteiger partial charge in [-0.15, -0.1) is 0 Å². The van der Waals surface area contributed by atoms with E-state index in [4.69, 9.17) is 10.5 Å². The number of carbonyl (C=O) groups excluding carboxylic acids is 3. The Hall–Kier alpha value is -3.11. The summed E-state index contributed by atoms with van der Waals surface area (Å²) in [6, 6.07) is 5.11. The minimum atomic E-state index is -1.17. The van der Waals surface area contributed by atoms with Gasteiger partial charge in [0.05, 0.1) is 31.5 Å². The van der Waals surface area contributed by atoms with E-state index in [-0.39, 0.29) is 34.6 Å². The van der Waals surface area contributed by atoms with Gasteiger partial charge in [-0.05, 0) is 22.7 Å². The van der Waals surface area contributed by atoms with Crippen LogP contribution in [0.25, 0.3) is 10.8 Å². The zero-order valence-corrected chi connectivity index (χ0v) is 22.0. The SMILES string of the molecule is CC(C)(C)[C@H](NC1COC1)C(=O)N1C[C@H]2[C@@H]([C@H]1C(=O)NC(C(N)=O)c1nncc3ccccc13)C2(C)C. The van der Waals surface area contributed by atoms with Crippen molar-refractivity contribution in [1.82, 2.24) is 25.7 Å². The lowest BCUT2D eigenvalue weighted by Crippen LogP contribution is -2.62. The van der Waals surface area contributed by atoms with Crippen LogP contribution < -0.4 is 16.4 Å². The van der Waals surface area contributed by atoms with Gasteiger partial charge >= 0.3 is 0 Å². The molecule has 3 heterocycles. The van der Waals surface area contributed by atoms with Gasteiger partial charge in [0.2, 0.25) is 17.7 Å². The number of hydrogen-bond acceptors (Lipinski definition) is 7. The minimum Gasteiger partial charge on any atom is -0.378 e. The second-order valence-corrected chi connectivity index (χ2v) is 12.3. The van der Waals surface area contributed by atoms with E-state index >= 15 is 0 Å². The van der Waals surface area contributed by atoms with Gasteiger partial charge in [0.15, 0.2) is 6.04 Å². The summed E-state index contributed by atoms with van der Waals surface area (Å²) in [5.74, 6) is -1.03. The molecule has 10 heteroatoms. The zero-order valence-electron chi connectivity index (χ0n) is 22.0. The number of ether oxygens (including phenoxy) is 1. The molecule has 2 saturated heterocycles. The van der Waals surface area contributed by atoms with Crippen LogP contribution in [0.15, 0.2) is 30.5 Å². The predicted molar refractivity (Wildman–Crippen MR) is 137 cm³/mol. The highest BCUT2D eigenvalue weighted by Gasteiger charge is 2.69. The number of hydrogen-bond donors (Lipinski definition) is 3. The Morgan fingerprint density at radius 1 is 1.19 bits per heavy atom. The number of amides is 3. The van der Waals surface area contributed by atoms with Gasteiger partial charge in [0.25, 0.3) is 0 Å². The smallest absolute Gasteiger partial charge is 0.246 e. The summed E-state index contributed by atoms with van der Waals surface area (Å²) >= 11 is 0. The molecule has 3 aliphatic rings. The number of rotatable bonds is 7. The number of fused-ring (bicyclic) bond motifs is 2. The molecule has 0 bridgehead atoms. The van der Waals surface area contributed by atoms with Crippen molar-refractivity contribution in [2.24, 2.45) is 28.4 Å². The summed E-state index contributed by atoms with van der Waals surface area (Å²) in [5, 5.41) is 15.9. The molecule has 1 aromatic heterocycles. The van der Waals surface area contributed by atoms with E-state index in [1.54, 1.807) is 11.1 Å². The van der Waals surface area contributed by atoms with Crippen molar-refractivity contribution in [3.63, 3.8) is 0 Å². The quantitative estimate of drug-likeness (QED) is 0.510. The molecule has 5 rings (SSSR count). The molecule has 2 aliphatic heterocycles. The topological polar surface area (TPSA) is 140 Å². The molecular weight excluding hydrogens is 472 g/mol. The average Bonchev–Trinajstić information content (AvgIpc) is 3.14. The van der Waals surface area contributed by atoms with Crippen LogP contribution in [-0.2, 0) is 19.1 Å². The first-order valence-corrected chi connectivity index (χ1v) is 12.9. The molecule has 37 heavy (non-hydrogen) atoms. The van der Waals surface area contributed by atoms with Crippen molar-refractivity contribution in [2.75, 3.05) is 19.8 Å². The second kappa shape index (κ2) is 9.02. The number of nitrogens with two attached hydrogens (primary N) is 1. The first-order chi connectivity index (χ1) is 17.4. The Morgan fingerprint density at radius 2 is 1.89 bits per heavy atom. The fraction of sp³-hybridized carbons (Fsp3) is 0.593. The highest BCUT2D eigenvalue weighted by molar-refractivity contribution is 5.96. The molecule has 198 valence electrons. The van der Waals surface area contributed by atoms with Crippen molar-refractivity contribution >= 4 is 28.5 Å². The molecule has 1 aliphatic carbocycles. The highest BCUT2D eigenvalue weighted by atomic mass is 16.5. The Kier molecular flexibility index (Phi) is 6.23. The number of nitrogens with zero attached hydrogens (tertiary/aromatic N) is 3. The number of benzene rings is 1. The van der Waals surface area contributed by atoms with Gasteiger partial charge in [-0.1, -0.05) is 58.9 Å². The Labute approximate surface area is 216 Å². The largest absolute Gasteiger partial charge is 0.378 e. The normalized spacial score (nSPS) is 26.2. The van der Waals surface area contributed by atoms with Gasteiger partial charge in [0, 0.05) is 17.3 Å². The average molecular weight is 509 g/mol. The third-order valence-electron chi connectivity index (χ3n) is 8.36. The van der Waals surface area contributed by atoms with E-state index in [0.717, 1.165) is 5.39 Å². The summed E-state index contributed by atoms with van der Waals surface area (Å²) in [6.07, 6.45) is 1.60. The van der Waals surface area contributed by atoms with Gasteiger partial charge < -0.3 is 20.7 Å². The summed E-state index contributed by atoms with van der Waals surface area (Å²) in [7, 11) is 0. The van der Waals surface area contributed by atoms with Gasteiger partial charge in [-0.25, -0.2) is 0 Å². The molecule has 1 saturated carbocycles. The number of nitrogens with one attached hydrogen (secondary N) is 2. The van der Waals surface area contributed by atoms with E-state index in [1.165, 1.54) is 0 Å². The number of primary amides is 1.